The van der Waals surface area contributed by atoms with Gasteiger partial charge in [-0.3, -0.25) is 9.59 Å². The van der Waals surface area contributed by atoms with Gasteiger partial charge in [0.15, 0.2) is 0 Å². The fraction of sp³-hybridized carbons (Fsp3) is 0.0870. The summed E-state index contributed by atoms with van der Waals surface area (Å²) in [6.45, 7) is 0. The van der Waals surface area contributed by atoms with Gasteiger partial charge in [-0.1, -0.05) is 60.7 Å². The molecule has 0 aromatic heterocycles. The fourth-order valence-corrected chi connectivity index (χ4v) is 2.86. The molecular formula is C23H20N2O4. The summed E-state index contributed by atoms with van der Waals surface area (Å²) in [4.78, 5) is 36.8. The molecule has 29 heavy (non-hydrogen) atoms. The monoisotopic (exact) mass is 388 g/mol. The third-order valence-electron chi connectivity index (χ3n) is 4.34. The van der Waals surface area contributed by atoms with Crippen molar-refractivity contribution in [1.29, 1.82) is 0 Å². The van der Waals surface area contributed by atoms with Crippen LogP contribution >= 0.6 is 0 Å². The minimum atomic E-state index is -1.13. The first-order chi connectivity index (χ1) is 14.0. The van der Waals surface area contributed by atoms with E-state index in [4.69, 9.17) is 0 Å². The van der Waals surface area contributed by atoms with Crippen molar-refractivity contribution in [3.05, 3.63) is 102 Å². The molecule has 1 unspecified atom stereocenters. The Morgan fingerprint density at radius 1 is 0.759 bits per heavy atom. The molecule has 0 aliphatic rings. The van der Waals surface area contributed by atoms with Crippen LogP contribution in [0.5, 0.6) is 0 Å². The molecular weight excluding hydrogens is 368 g/mol. The maximum Gasteiger partial charge on any atom is 0.326 e. The van der Waals surface area contributed by atoms with Crippen LogP contribution in [-0.2, 0) is 11.2 Å². The average Bonchev–Trinajstić information content (AvgIpc) is 2.75. The number of benzene rings is 3. The molecule has 0 bridgehead atoms. The van der Waals surface area contributed by atoms with Gasteiger partial charge in [-0.2, -0.15) is 0 Å². The van der Waals surface area contributed by atoms with E-state index in [9.17, 15) is 19.5 Å². The summed E-state index contributed by atoms with van der Waals surface area (Å²) in [6.07, 6.45) is 0.153. The van der Waals surface area contributed by atoms with Gasteiger partial charge in [0.25, 0.3) is 11.8 Å². The summed E-state index contributed by atoms with van der Waals surface area (Å²) in [7, 11) is 0. The van der Waals surface area contributed by atoms with E-state index >= 15 is 0 Å². The smallest absolute Gasteiger partial charge is 0.326 e. The molecule has 0 aliphatic carbocycles. The highest BCUT2D eigenvalue weighted by Gasteiger charge is 2.23. The van der Waals surface area contributed by atoms with E-state index in [0.717, 1.165) is 5.56 Å². The number of carbonyl (C=O) groups is 3. The summed E-state index contributed by atoms with van der Waals surface area (Å²) in [5.74, 6) is -2.06. The fourth-order valence-electron chi connectivity index (χ4n) is 2.86. The second-order valence-electron chi connectivity index (χ2n) is 6.42. The number of amides is 2. The Morgan fingerprint density at radius 3 is 2.00 bits per heavy atom. The molecule has 0 aliphatic heterocycles. The zero-order chi connectivity index (χ0) is 20.6. The number of nitrogens with one attached hydrogen (secondary N) is 2. The van der Waals surface area contributed by atoms with E-state index in [1.165, 1.54) is 6.07 Å². The number of rotatable bonds is 7. The molecule has 3 N–H and O–H groups in total. The summed E-state index contributed by atoms with van der Waals surface area (Å²) < 4.78 is 0. The SMILES string of the molecule is O=C(Nc1ccccc1C(=O)NC(Cc1ccccc1)C(=O)O)c1ccccc1. The second kappa shape index (κ2) is 9.32. The Hall–Kier alpha value is -3.93. The van der Waals surface area contributed by atoms with Crippen LogP contribution in [0.4, 0.5) is 5.69 Å². The Labute approximate surface area is 168 Å². The van der Waals surface area contributed by atoms with Gasteiger partial charge in [-0.15, -0.1) is 0 Å². The molecule has 0 spiro atoms. The molecule has 146 valence electrons. The van der Waals surface area contributed by atoms with Gasteiger partial charge < -0.3 is 15.7 Å². The summed E-state index contributed by atoms with van der Waals surface area (Å²) in [5, 5.41) is 14.8. The maximum atomic E-state index is 12.8. The summed E-state index contributed by atoms with van der Waals surface area (Å²) in [5.41, 5.74) is 1.75. The first-order valence-corrected chi connectivity index (χ1v) is 9.07. The first-order valence-electron chi connectivity index (χ1n) is 9.07. The zero-order valence-corrected chi connectivity index (χ0v) is 15.5. The van der Waals surface area contributed by atoms with Crippen LogP contribution in [0.1, 0.15) is 26.3 Å². The van der Waals surface area contributed by atoms with Crippen LogP contribution in [0, 0.1) is 0 Å². The quantitative estimate of drug-likeness (QED) is 0.578. The van der Waals surface area contributed by atoms with E-state index < -0.39 is 17.9 Å². The van der Waals surface area contributed by atoms with Crippen LogP contribution in [-0.4, -0.2) is 28.9 Å². The molecule has 6 nitrogen and oxygen atoms in total. The number of anilines is 1. The second-order valence-corrected chi connectivity index (χ2v) is 6.42. The first kappa shape index (κ1) is 19.8. The van der Waals surface area contributed by atoms with Crippen molar-refractivity contribution in [2.75, 3.05) is 5.32 Å². The van der Waals surface area contributed by atoms with Crippen molar-refractivity contribution in [1.82, 2.24) is 5.32 Å². The highest BCUT2D eigenvalue weighted by molar-refractivity contribution is 6.09. The molecule has 0 saturated heterocycles. The van der Waals surface area contributed by atoms with Gasteiger partial charge in [-0.25, -0.2) is 4.79 Å². The van der Waals surface area contributed by atoms with Gasteiger partial charge >= 0.3 is 5.97 Å². The maximum absolute atomic E-state index is 12.8. The summed E-state index contributed by atoms with van der Waals surface area (Å²) in [6, 6.07) is 23.1. The van der Waals surface area contributed by atoms with Crippen LogP contribution in [0.2, 0.25) is 0 Å². The number of hydrogen-bond acceptors (Lipinski definition) is 3. The van der Waals surface area contributed by atoms with Crippen LogP contribution in [0.3, 0.4) is 0 Å². The predicted octanol–water partition coefficient (Wildman–Crippen LogP) is 3.36. The van der Waals surface area contributed by atoms with Crippen molar-refractivity contribution in [3.8, 4) is 0 Å². The number of carboxylic acid groups (broad SMARTS) is 1. The molecule has 3 rings (SSSR count). The lowest BCUT2D eigenvalue weighted by Gasteiger charge is -2.16. The largest absolute Gasteiger partial charge is 0.480 e. The molecule has 3 aromatic carbocycles. The van der Waals surface area contributed by atoms with Gasteiger partial charge in [0.05, 0.1) is 11.3 Å². The molecule has 0 fully saturated rings. The van der Waals surface area contributed by atoms with Gasteiger partial charge in [0.2, 0.25) is 0 Å². The topological polar surface area (TPSA) is 95.5 Å². The molecule has 3 aromatic rings. The van der Waals surface area contributed by atoms with E-state index in [-0.39, 0.29) is 17.9 Å². The van der Waals surface area contributed by atoms with E-state index in [0.29, 0.717) is 11.3 Å². The molecule has 1 atom stereocenters. The number of aliphatic carboxylic acids is 1. The van der Waals surface area contributed by atoms with Crippen LogP contribution in [0.15, 0.2) is 84.9 Å². The Balaban J connectivity index is 1.76. The lowest BCUT2D eigenvalue weighted by atomic mass is 10.0. The van der Waals surface area contributed by atoms with Crippen molar-refractivity contribution >= 4 is 23.5 Å². The van der Waals surface area contributed by atoms with E-state index in [1.807, 2.05) is 18.2 Å². The Kier molecular flexibility index (Phi) is 6.37. The Bertz CT molecular complexity index is 1000. The van der Waals surface area contributed by atoms with Gasteiger partial charge in [0, 0.05) is 12.0 Å². The lowest BCUT2D eigenvalue weighted by molar-refractivity contribution is -0.139. The highest BCUT2D eigenvalue weighted by atomic mass is 16.4. The zero-order valence-electron chi connectivity index (χ0n) is 15.5. The number of para-hydroxylation sites is 1. The molecule has 2 amide bonds. The Morgan fingerprint density at radius 2 is 1.34 bits per heavy atom. The molecule has 0 saturated carbocycles. The van der Waals surface area contributed by atoms with Crippen LogP contribution in [0.25, 0.3) is 0 Å². The van der Waals surface area contributed by atoms with Gasteiger partial charge in [0.1, 0.15) is 6.04 Å². The van der Waals surface area contributed by atoms with E-state index in [2.05, 4.69) is 10.6 Å². The molecule has 6 heteroatoms. The minimum absolute atomic E-state index is 0.153. The number of hydrogen-bond donors (Lipinski definition) is 3. The minimum Gasteiger partial charge on any atom is -0.480 e. The predicted molar refractivity (Wildman–Crippen MR) is 110 cm³/mol. The van der Waals surface area contributed by atoms with Crippen molar-refractivity contribution in [2.24, 2.45) is 0 Å². The van der Waals surface area contributed by atoms with Crippen molar-refractivity contribution in [2.45, 2.75) is 12.5 Å². The van der Waals surface area contributed by atoms with Crippen molar-refractivity contribution in [3.63, 3.8) is 0 Å². The average molecular weight is 388 g/mol. The van der Waals surface area contributed by atoms with Gasteiger partial charge in [-0.05, 0) is 29.8 Å². The number of carboxylic acids is 1. The van der Waals surface area contributed by atoms with E-state index in [1.54, 1.807) is 60.7 Å². The highest BCUT2D eigenvalue weighted by Crippen LogP contribution is 2.17. The third-order valence-corrected chi connectivity index (χ3v) is 4.34. The third kappa shape index (κ3) is 5.29. The van der Waals surface area contributed by atoms with Crippen LogP contribution < -0.4 is 10.6 Å². The van der Waals surface area contributed by atoms with Crippen molar-refractivity contribution < 1.29 is 19.5 Å². The standard InChI is InChI=1S/C23H20N2O4/c26-21(17-11-5-2-6-12-17)24-19-14-8-7-13-18(19)22(27)25-20(23(28)29)15-16-9-3-1-4-10-16/h1-14,20H,15H2,(H,24,26)(H,25,27)(H,28,29). The number of carbonyl (C=O) groups excluding carboxylic acids is 2. The lowest BCUT2D eigenvalue weighted by Crippen LogP contribution is -2.42. The molecule has 0 heterocycles. The molecule has 0 radical (unpaired) electrons. The summed E-state index contributed by atoms with van der Waals surface area (Å²) >= 11 is 0. The normalized spacial score (nSPS) is 11.3.